The van der Waals surface area contributed by atoms with Gasteiger partial charge in [-0.3, -0.25) is 14.5 Å². The summed E-state index contributed by atoms with van der Waals surface area (Å²) in [6, 6.07) is 3.34. The van der Waals surface area contributed by atoms with Gasteiger partial charge >= 0.3 is 11.9 Å². The molecule has 0 atom stereocenters. The van der Waals surface area contributed by atoms with Crippen molar-refractivity contribution in [2.24, 2.45) is 0 Å². The molecule has 7 heteroatoms. The number of hydrogen-bond acceptors (Lipinski definition) is 5. The predicted octanol–water partition coefficient (Wildman–Crippen LogP) is 0.0614. The molecule has 0 aliphatic rings. The van der Waals surface area contributed by atoms with Gasteiger partial charge in [-0.05, 0) is 5.56 Å². The van der Waals surface area contributed by atoms with Gasteiger partial charge in [-0.1, -0.05) is 6.07 Å². The smallest absolute Gasteiger partial charge is 0.317 e. The van der Waals surface area contributed by atoms with Gasteiger partial charge in [-0.15, -0.1) is 0 Å². The zero-order chi connectivity index (χ0) is 13.5. The molecule has 1 heterocycles. The monoisotopic (exact) mass is 254 g/mol. The van der Waals surface area contributed by atoms with Crippen LogP contribution in [0.2, 0.25) is 0 Å². The fourth-order valence-corrected chi connectivity index (χ4v) is 1.43. The van der Waals surface area contributed by atoms with Crippen molar-refractivity contribution in [1.29, 1.82) is 0 Å². The van der Waals surface area contributed by atoms with E-state index < -0.39 is 11.9 Å². The van der Waals surface area contributed by atoms with Crippen molar-refractivity contribution in [3.05, 3.63) is 23.9 Å². The molecule has 1 aromatic heterocycles. The quantitative estimate of drug-likeness (QED) is 0.709. The predicted molar refractivity (Wildman–Crippen MR) is 61.3 cm³/mol. The molecule has 0 saturated carbocycles. The fraction of sp³-hybridized carbons (Fsp3) is 0.364. The lowest BCUT2D eigenvalue weighted by Crippen LogP contribution is -2.33. The molecule has 0 saturated heterocycles. The first-order valence-electron chi connectivity index (χ1n) is 5.16. The molecule has 0 aliphatic carbocycles. The third kappa shape index (κ3) is 4.79. The number of methoxy groups -OCH3 is 1. The number of rotatable bonds is 7. The van der Waals surface area contributed by atoms with Crippen LogP contribution >= 0.6 is 0 Å². The first kappa shape index (κ1) is 13.9. The van der Waals surface area contributed by atoms with Crippen LogP contribution < -0.4 is 4.74 Å². The highest BCUT2D eigenvalue weighted by atomic mass is 16.5. The second kappa shape index (κ2) is 6.55. The number of carboxylic acids is 2. The second-order valence-electron chi connectivity index (χ2n) is 3.64. The number of pyridine rings is 1. The minimum Gasteiger partial charge on any atom is -0.481 e. The topological polar surface area (TPSA) is 100.0 Å². The Hall–Kier alpha value is -2.15. The molecule has 0 radical (unpaired) electrons. The van der Waals surface area contributed by atoms with Gasteiger partial charge in [0.15, 0.2) is 0 Å². The van der Waals surface area contributed by atoms with Crippen LogP contribution in [0, 0.1) is 0 Å². The van der Waals surface area contributed by atoms with Crippen LogP contribution in [0.15, 0.2) is 18.3 Å². The van der Waals surface area contributed by atoms with Gasteiger partial charge in [-0.2, -0.15) is 0 Å². The summed E-state index contributed by atoms with van der Waals surface area (Å²) in [4.78, 5) is 26.5. The van der Waals surface area contributed by atoms with E-state index in [-0.39, 0.29) is 19.6 Å². The molecule has 0 spiro atoms. The van der Waals surface area contributed by atoms with Crippen molar-refractivity contribution in [2.45, 2.75) is 6.54 Å². The molecule has 18 heavy (non-hydrogen) atoms. The summed E-state index contributed by atoms with van der Waals surface area (Å²) in [7, 11) is 1.49. The Morgan fingerprint density at radius 2 is 1.89 bits per heavy atom. The van der Waals surface area contributed by atoms with Gasteiger partial charge in [-0.25, -0.2) is 4.98 Å². The molecule has 7 nitrogen and oxygen atoms in total. The van der Waals surface area contributed by atoms with Crippen LogP contribution in [0.3, 0.4) is 0 Å². The molecule has 0 bridgehead atoms. The first-order chi connectivity index (χ1) is 8.51. The van der Waals surface area contributed by atoms with Crippen LogP contribution in [0.4, 0.5) is 0 Å². The Kier molecular flexibility index (Phi) is 5.06. The third-order valence-corrected chi connectivity index (χ3v) is 2.13. The van der Waals surface area contributed by atoms with Crippen molar-refractivity contribution in [2.75, 3.05) is 20.2 Å². The molecule has 0 fully saturated rings. The molecule has 1 rings (SSSR count). The number of nitrogens with zero attached hydrogens (tertiary/aromatic N) is 2. The summed E-state index contributed by atoms with van der Waals surface area (Å²) in [5.41, 5.74) is 0.721. The Balaban J connectivity index is 2.68. The van der Waals surface area contributed by atoms with Crippen LogP contribution in [0.25, 0.3) is 0 Å². The molecule has 0 unspecified atom stereocenters. The van der Waals surface area contributed by atoms with Crippen molar-refractivity contribution in [3.63, 3.8) is 0 Å². The lowest BCUT2D eigenvalue weighted by Gasteiger charge is -2.17. The summed E-state index contributed by atoms with van der Waals surface area (Å²) in [6.07, 6.45) is 1.52. The molecular formula is C11H14N2O5. The minimum atomic E-state index is -1.07. The van der Waals surface area contributed by atoms with Crippen molar-refractivity contribution in [3.8, 4) is 5.88 Å². The minimum absolute atomic E-state index is 0.204. The average molecular weight is 254 g/mol. The van der Waals surface area contributed by atoms with Gasteiger partial charge in [0.2, 0.25) is 5.88 Å². The molecule has 2 N–H and O–H groups in total. The molecule has 0 aliphatic heterocycles. The Labute approximate surface area is 104 Å². The number of aliphatic carboxylic acids is 2. The average Bonchev–Trinajstić information content (AvgIpc) is 2.28. The standard InChI is InChI=1S/C11H14N2O5/c1-18-9-3-2-8(4-12-9)5-13(6-10(14)15)7-11(16)17/h2-4H,5-7H2,1H3,(H,14,15)(H,16,17). The Morgan fingerprint density at radius 3 is 2.28 bits per heavy atom. The lowest BCUT2D eigenvalue weighted by atomic mass is 10.2. The second-order valence-corrected chi connectivity index (χ2v) is 3.64. The highest BCUT2D eigenvalue weighted by Crippen LogP contribution is 2.09. The lowest BCUT2D eigenvalue weighted by molar-refractivity contribution is -0.142. The normalized spacial score (nSPS) is 10.3. The van der Waals surface area contributed by atoms with Crippen molar-refractivity contribution < 1.29 is 24.5 Å². The van der Waals surface area contributed by atoms with Crippen LogP contribution in [-0.4, -0.2) is 52.2 Å². The molecule has 0 amide bonds. The van der Waals surface area contributed by atoms with Crippen molar-refractivity contribution in [1.82, 2.24) is 9.88 Å². The largest absolute Gasteiger partial charge is 0.481 e. The van der Waals surface area contributed by atoms with Gasteiger partial charge in [0.25, 0.3) is 0 Å². The molecule has 0 aromatic carbocycles. The van der Waals surface area contributed by atoms with Gasteiger partial charge < -0.3 is 14.9 Å². The summed E-state index contributed by atoms with van der Waals surface area (Å²) < 4.78 is 4.89. The third-order valence-electron chi connectivity index (χ3n) is 2.13. The number of carbonyl (C=O) groups is 2. The number of aromatic nitrogens is 1. The maximum absolute atomic E-state index is 10.6. The van der Waals surface area contributed by atoms with Gasteiger partial charge in [0.1, 0.15) is 0 Å². The van der Waals surface area contributed by atoms with E-state index in [2.05, 4.69) is 4.98 Å². The molecule has 1 aromatic rings. The van der Waals surface area contributed by atoms with Crippen molar-refractivity contribution >= 4 is 11.9 Å². The Morgan fingerprint density at radius 1 is 1.28 bits per heavy atom. The van der Waals surface area contributed by atoms with E-state index >= 15 is 0 Å². The van der Waals surface area contributed by atoms with Gasteiger partial charge in [0, 0.05) is 18.8 Å². The fourth-order valence-electron chi connectivity index (χ4n) is 1.43. The maximum atomic E-state index is 10.6. The zero-order valence-electron chi connectivity index (χ0n) is 9.87. The summed E-state index contributed by atoms with van der Waals surface area (Å²) >= 11 is 0. The van der Waals surface area contributed by atoms with Crippen LogP contribution in [0.1, 0.15) is 5.56 Å². The highest BCUT2D eigenvalue weighted by Gasteiger charge is 2.14. The van der Waals surface area contributed by atoms with E-state index in [9.17, 15) is 9.59 Å². The van der Waals surface area contributed by atoms with E-state index in [1.165, 1.54) is 18.2 Å². The SMILES string of the molecule is COc1ccc(CN(CC(=O)O)CC(=O)O)cn1. The maximum Gasteiger partial charge on any atom is 0.317 e. The van der Waals surface area contributed by atoms with E-state index in [0.29, 0.717) is 5.88 Å². The summed E-state index contributed by atoms with van der Waals surface area (Å²) in [5.74, 6) is -1.70. The molecular weight excluding hydrogens is 240 g/mol. The number of hydrogen-bond donors (Lipinski definition) is 2. The zero-order valence-corrected chi connectivity index (χ0v) is 9.87. The van der Waals surface area contributed by atoms with E-state index in [4.69, 9.17) is 14.9 Å². The van der Waals surface area contributed by atoms with Crippen LogP contribution in [-0.2, 0) is 16.1 Å². The first-order valence-corrected chi connectivity index (χ1v) is 5.16. The van der Waals surface area contributed by atoms with Gasteiger partial charge in [0.05, 0.1) is 20.2 Å². The highest BCUT2D eigenvalue weighted by molar-refractivity contribution is 5.72. The van der Waals surface area contributed by atoms with E-state index in [1.807, 2.05) is 0 Å². The summed E-state index contributed by atoms with van der Waals surface area (Å²) in [6.45, 7) is -0.466. The molecule has 98 valence electrons. The number of ether oxygens (including phenoxy) is 1. The van der Waals surface area contributed by atoms with E-state index in [1.54, 1.807) is 12.1 Å². The number of carboxylic acid groups (broad SMARTS) is 2. The Bertz CT molecular complexity index is 402. The van der Waals surface area contributed by atoms with Crippen LogP contribution in [0.5, 0.6) is 5.88 Å². The van der Waals surface area contributed by atoms with E-state index in [0.717, 1.165) is 5.56 Å². The summed E-state index contributed by atoms with van der Waals surface area (Å²) in [5, 5.41) is 17.4.